The quantitative estimate of drug-likeness (QED) is 0.599. The van der Waals surface area contributed by atoms with Crippen molar-refractivity contribution in [1.29, 1.82) is 0 Å². The van der Waals surface area contributed by atoms with Crippen LogP contribution < -0.4 is 11.1 Å². The zero-order chi connectivity index (χ0) is 20.0. The van der Waals surface area contributed by atoms with Gasteiger partial charge in [0.25, 0.3) is 0 Å². The lowest BCUT2D eigenvalue weighted by atomic mass is 10.0. The van der Waals surface area contributed by atoms with E-state index in [1.165, 1.54) is 22.9 Å². The molecule has 27 heavy (non-hydrogen) atoms. The number of nitrogens with two attached hydrogens (primary N) is 1. The van der Waals surface area contributed by atoms with Gasteiger partial charge in [0.1, 0.15) is 0 Å². The topological polar surface area (TPSA) is 130 Å². The first-order valence-electron chi connectivity index (χ1n) is 8.88. The van der Waals surface area contributed by atoms with Gasteiger partial charge in [-0.3, -0.25) is 9.59 Å². The molecule has 0 aromatic heterocycles. The fourth-order valence-electron chi connectivity index (χ4n) is 2.88. The molecule has 1 aliphatic rings. The van der Waals surface area contributed by atoms with Crippen molar-refractivity contribution < 1.29 is 23.1 Å². The van der Waals surface area contributed by atoms with E-state index in [0.29, 0.717) is 12.8 Å². The summed E-state index contributed by atoms with van der Waals surface area (Å²) in [7, 11) is -3.70. The molecule has 0 aliphatic carbocycles. The van der Waals surface area contributed by atoms with Crippen LogP contribution in [0.2, 0.25) is 0 Å². The molecular formula is C18H26N3O5S. The van der Waals surface area contributed by atoms with Crippen LogP contribution in [0.15, 0.2) is 35.2 Å². The summed E-state index contributed by atoms with van der Waals surface area (Å²) >= 11 is 0. The standard InChI is InChI=1S/C18H26N3O5S/c1-13(18(19)24)9-10-17(23)20-15-8-5-11-21(12-16(15)22)27(25,26)14-6-3-2-4-7-14/h2-4,6-7,10,13,15-16,22H,5,8-9,11-12H2,1H3,(H2,19,24)(H,20,23)/t13?,15?,16-/m0/s1. The maximum absolute atomic E-state index is 12.7. The minimum Gasteiger partial charge on any atom is -0.390 e. The molecule has 2 amide bonds. The fourth-order valence-corrected chi connectivity index (χ4v) is 4.39. The highest BCUT2D eigenvalue weighted by molar-refractivity contribution is 7.89. The number of nitrogens with zero attached hydrogens (tertiary/aromatic N) is 1. The summed E-state index contributed by atoms with van der Waals surface area (Å²) in [5.74, 6) is -1.36. The van der Waals surface area contributed by atoms with Crippen LogP contribution in [0.5, 0.6) is 0 Å². The number of hydrogen-bond acceptors (Lipinski definition) is 5. The van der Waals surface area contributed by atoms with E-state index in [2.05, 4.69) is 5.32 Å². The minimum atomic E-state index is -3.70. The van der Waals surface area contributed by atoms with Crippen LogP contribution in [-0.2, 0) is 19.6 Å². The van der Waals surface area contributed by atoms with Crippen LogP contribution in [0.1, 0.15) is 26.2 Å². The highest BCUT2D eigenvalue weighted by Crippen LogP contribution is 2.20. The van der Waals surface area contributed by atoms with Crippen molar-refractivity contribution in [3.05, 3.63) is 36.8 Å². The molecule has 1 aromatic rings. The molecule has 1 fully saturated rings. The molecule has 3 atom stereocenters. The number of primary amides is 1. The number of aliphatic hydroxyl groups is 1. The van der Waals surface area contributed by atoms with E-state index in [4.69, 9.17) is 5.73 Å². The summed E-state index contributed by atoms with van der Waals surface area (Å²) in [4.78, 5) is 23.2. The molecular weight excluding hydrogens is 370 g/mol. The molecule has 4 N–H and O–H groups in total. The van der Waals surface area contributed by atoms with Crippen LogP contribution in [0.25, 0.3) is 0 Å². The Labute approximate surface area is 159 Å². The van der Waals surface area contributed by atoms with Gasteiger partial charge in [0.15, 0.2) is 0 Å². The zero-order valence-electron chi connectivity index (χ0n) is 15.2. The van der Waals surface area contributed by atoms with Gasteiger partial charge >= 0.3 is 0 Å². The number of rotatable bonds is 7. The molecule has 0 bridgehead atoms. The summed E-state index contributed by atoms with van der Waals surface area (Å²) < 4.78 is 26.7. The maximum Gasteiger partial charge on any atom is 0.243 e. The number of aliphatic hydroxyl groups excluding tert-OH is 1. The molecule has 1 aromatic carbocycles. The van der Waals surface area contributed by atoms with Crippen molar-refractivity contribution in [2.45, 2.75) is 43.2 Å². The van der Waals surface area contributed by atoms with Gasteiger partial charge in [-0.05, 0) is 31.4 Å². The Bertz CT molecular complexity index is 754. The Morgan fingerprint density at radius 1 is 1.37 bits per heavy atom. The van der Waals surface area contributed by atoms with Gasteiger partial charge in [-0.15, -0.1) is 0 Å². The molecule has 2 unspecified atom stereocenters. The van der Waals surface area contributed by atoms with Gasteiger partial charge in [-0.2, -0.15) is 4.31 Å². The largest absolute Gasteiger partial charge is 0.390 e. The molecule has 1 heterocycles. The molecule has 8 nitrogen and oxygen atoms in total. The second-order valence-corrected chi connectivity index (χ2v) is 8.68. The second kappa shape index (κ2) is 9.29. The van der Waals surface area contributed by atoms with Gasteiger partial charge in [-0.1, -0.05) is 25.1 Å². The fraction of sp³-hybridized carbons (Fsp3) is 0.500. The number of hydrogen-bond donors (Lipinski definition) is 3. The number of sulfonamides is 1. The summed E-state index contributed by atoms with van der Waals surface area (Å²) in [6.45, 7) is 1.79. The number of carbonyl (C=O) groups is 2. The Balaban J connectivity index is 1.97. The lowest BCUT2D eigenvalue weighted by Crippen LogP contribution is -2.47. The SMILES string of the molecule is CC(C[CH]C(=O)NC1CCCN(S(=O)(=O)c2ccccc2)C[C@@H]1O)C(N)=O. The Hall–Kier alpha value is -1.97. The molecule has 1 aliphatic heterocycles. The van der Waals surface area contributed by atoms with E-state index in [1.807, 2.05) is 0 Å². The molecule has 0 saturated carbocycles. The first-order chi connectivity index (χ1) is 12.7. The summed E-state index contributed by atoms with van der Waals surface area (Å²) in [6, 6.07) is 7.49. The lowest BCUT2D eigenvalue weighted by Gasteiger charge is -2.25. The van der Waals surface area contributed by atoms with E-state index in [0.717, 1.165) is 0 Å². The van der Waals surface area contributed by atoms with E-state index < -0.39 is 39.9 Å². The number of nitrogens with one attached hydrogen (secondary N) is 1. The average Bonchev–Trinajstić information content (AvgIpc) is 2.82. The Kier molecular flexibility index (Phi) is 7.34. The Morgan fingerprint density at radius 2 is 2.04 bits per heavy atom. The van der Waals surface area contributed by atoms with Crippen molar-refractivity contribution in [3.63, 3.8) is 0 Å². The second-order valence-electron chi connectivity index (χ2n) is 6.74. The maximum atomic E-state index is 12.7. The number of amides is 2. The molecule has 1 radical (unpaired) electrons. The molecule has 2 rings (SSSR count). The van der Waals surface area contributed by atoms with Crippen molar-refractivity contribution in [3.8, 4) is 0 Å². The third kappa shape index (κ3) is 5.75. The Morgan fingerprint density at radius 3 is 2.67 bits per heavy atom. The van der Waals surface area contributed by atoms with E-state index >= 15 is 0 Å². The number of benzene rings is 1. The predicted octanol–water partition coefficient (Wildman–Crippen LogP) is 0.0326. The van der Waals surface area contributed by atoms with Crippen LogP contribution in [0.3, 0.4) is 0 Å². The lowest BCUT2D eigenvalue weighted by molar-refractivity contribution is -0.121. The number of carbonyl (C=O) groups excluding carboxylic acids is 2. The van der Waals surface area contributed by atoms with Crippen LogP contribution in [0, 0.1) is 12.3 Å². The van der Waals surface area contributed by atoms with Gasteiger partial charge in [0.05, 0.1) is 23.5 Å². The molecule has 0 spiro atoms. The van der Waals surface area contributed by atoms with Crippen molar-refractivity contribution in [1.82, 2.24) is 9.62 Å². The van der Waals surface area contributed by atoms with Gasteiger partial charge in [0.2, 0.25) is 21.8 Å². The third-order valence-corrected chi connectivity index (χ3v) is 6.51. The predicted molar refractivity (Wildman–Crippen MR) is 99.6 cm³/mol. The van der Waals surface area contributed by atoms with Crippen LogP contribution in [0.4, 0.5) is 0 Å². The normalized spacial score (nSPS) is 22.6. The van der Waals surface area contributed by atoms with Gasteiger partial charge in [-0.25, -0.2) is 8.42 Å². The summed E-state index contributed by atoms with van der Waals surface area (Å²) in [5.41, 5.74) is 5.16. The van der Waals surface area contributed by atoms with E-state index in [1.54, 1.807) is 25.1 Å². The number of β-amino-alcohol motifs (C(OH)–C–C–N with tert-alkyl or cyclic N) is 1. The third-order valence-electron chi connectivity index (χ3n) is 4.63. The monoisotopic (exact) mass is 396 g/mol. The first-order valence-corrected chi connectivity index (χ1v) is 10.3. The molecule has 149 valence electrons. The summed E-state index contributed by atoms with van der Waals surface area (Å²) in [6.07, 6.45) is 1.46. The van der Waals surface area contributed by atoms with Crippen LogP contribution >= 0.6 is 0 Å². The smallest absolute Gasteiger partial charge is 0.243 e. The van der Waals surface area contributed by atoms with Gasteiger partial charge in [0, 0.05) is 19.0 Å². The zero-order valence-corrected chi connectivity index (χ0v) is 16.1. The average molecular weight is 396 g/mol. The van der Waals surface area contributed by atoms with E-state index in [9.17, 15) is 23.1 Å². The summed E-state index contributed by atoms with van der Waals surface area (Å²) in [5, 5.41) is 13.1. The van der Waals surface area contributed by atoms with Crippen molar-refractivity contribution >= 4 is 21.8 Å². The van der Waals surface area contributed by atoms with Gasteiger partial charge < -0.3 is 16.2 Å². The minimum absolute atomic E-state index is 0.0974. The highest BCUT2D eigenvalue weighted by atomic mass is 32.2. The van der Waals surface area contributed by atoms with E-state index in [-0.39, 0.29) is 24.4 Å². The van der Waals surface area contributed by atoms with Crippen molar-refractivity contribution in [2.24, 2.45) is 11.7 Å². The molecule has 1 saturated heterocycles. The molecule has 9 heteroatoms. The first kappa shape index (κ1) is 21.3. The van der Waals surface area contributed by atoms with Crippen LogP contribution in [-0.4, -0.2) is 54.9 Å². The van der Waals surface area contributed by atoms with Crippen molar-refractivity contribution in [2.75, 3.05) is 13.1 Å². The highest BCUT2D eigenvalue weighted by Gasteiger charge is 2.33.